The average molecular weight is 248 g/mol. The lowest BCUT2D eigenvalue weighted by Crippen LogP contribution is -2.17. The molecule has 1 aromatic carbocycles. The van der Waals surface area contributed by atoms with E-state index in [9.17, 15) is 4.79 Å². The van der Waals surface area contributed by atoms with Gasteiger partial charge in [-0.1, -0.05) is 32.0 Å². The highest BCUT2D eigenvalue weighted by atomic mass is 16.6. The van der Waals surface area contributed by atoms with Crippen LogP contribution in [0.15, 0.2) is 24.3 Å². The Morgan fingerprint density at radius 2 is 2.06 bits per heavy atom. The van der Waals surface area contributed by atoms with E-state index in [4.69, 9.17) is 9.47 Å². The average Bonchev–Trinajstić information content (AvgIpc) is 3.13. The van der Waals surface area contributed by atoms with Crippen LogP contribution < -0.4 is 4.74 Å². The van der Waals surface area contributed by atoms with Crippen LogP contribution >= 0.6 is 0 Å². The molecule has 0 radical (unpaired) electrons. The molecule has 1 aliphatic carbocycles. The molecule has 0 amide bonds. The number of rotatable bonds is 6. The highest BCUT2D eigenvalue weighted by Gasteiger charge is 2.21. The summed E-state index contributed by atoms with van der Waals surface area (Å²) in [6.07, 6.45) is 2.45. The maximum atomic E-state index is 11.6. The normalized spacial score (nSPS) is 14.8. The number of carbonyl (C=O) groups excluding carboxylic acids is 1. The van der Waals surface area contributed by atoms with Crippen molar-refractivity contribution in [2.24, 2.45) is 5.92 Å². The van der Waals surface area contributed by atoms with Crippen molar-refractivity contribution in [2.75, 3.05) is 13.2 Å². The van der Waals surface area contributed by atoms with Crippen LogP contribution in [0, 0.1) is 5.92 Å². The number of esters is 1. The molecule has 0 saturated heterocycles. The minimum Gasteiger partial charge on any atom is -0.425 e. The lowest BCUT2D eigenvalue weighted by atomic mass is 10.0. The molecule has 3 heteroatoms. The fourth-order valence-electron chi connectivity index (χ4n) is 1.80. The zero-order valence-electron chi connectivity index (χ0n) is 11.0. The van der Waals surface area contributed by atoms with Crippen LogP contribution in [0.4, 0.5) is 0 Å². The number of ether oxygens (including phenoxy) is 2. The molecule has 0 bridgehead atoms. The summed E-state index contributed by atoms with van der Waals surface area (Å²) in [5.74, 6) is 1.33. The minimum absolute atomic E-state index is 0.0446. The van der Waals surface area contributed by atoms with Crippen LogP contribution in [0.25, 0.3) is 0 Å². The first-order valence-electron chi connectivity index (χ1n) is 6.54. The smallest absolute Gasteiger partial charge is 0.337 e. The number of hydrogen-bond acceptors (Lipinski definition) is 3. The minimum atomic E-state index is -0.316. The molecule has 0 aliphatic heterocycles. The predicted molar refractivity (Wildman–Crippen MR) is 69.7 cm³/mol. The third-order valence-corrected chi connectivity index (χ3v) is 3.04. The third kappa shape index (κ3) is 3.84. The van der Waals surface area contributed by atoms with E-state index in [0.29, 0.717) is 24.2 Å². The molecule has 0 spiro atoms. The summed E-state index contributed by atoms with van der Waals surface area (Å²) in [7, 11) is 0. The Labute approximate surface area is 108 Å². The molecule has 0 N–H and O–H groups in total. The number of para-hydroxylation sites is 1. The quantitative estimate of drug-likeness (QED) is 0.573. The number of benzene rings is 1. The fraction of sp³-hybridized carbons (Fsp3) is 0.533. The Balaban J connectivity index is 1.85. The molecule has 1 aromatic rings. The Hall–Kier alpha value is -1.35. The zero-order chi connectivity index (χ0) is 13.0. The van der Waals surface area contributed by atoms with Gasteiger partial charge in [-0.25, -0.2) is 4.79 Å². The van der Waals surface area contributed by atoms with Crippen LogP contribution in [0.5, 0.6) is 5.75 Å². The van der Waals surface area contributed by atoms with Gasteiger partial charge in [-0.3, -0.25) is 0 Å². The van der Waals surface area contributed by atoms with E-state index in [1.165, 1.54) is 12.8 Å². The molecule has 1 fully saturated rings. The first-order chi connectivity index (χ1) is 8.66. The third-order valence-electron chi connectivity index (χ3n) is 3.04. The zero-order valence-corrected chi connectivity index (χ0v) is 11.0. The second-order valence-electron chi connectivity index (χ2n) is 5.13. The largest absolute Gasteiger partial charge is 0.425 e. The summed E-state index contributed by atoms with van der Waals surface area (Å²) in [6.45, 7) is 4.89. The Bertz CT molecular complexity index is 408. The number of hydrogen-bond donors (Lipinski definition) is 0. The molecular weight excluding hydrogens is 228 g/mol. The van der Waals surface area contributed by atoms with E-state index in [1.54, 1.807) is 0 Å². The first-order valence-corrected chi connectivity index (χ1v) is 6.54. The molecule has 0 unspecified atom stereocenters. The van der Waals surface area contributed by atoms with Gasteiger partial charge in [0.25, 0.3) is 0 Å². The van der Waals surface area contributed by atoms with Gasteiger partial charge < -0.3 is 9.47 Å². The van der Waals surface area contributed by atoms with Gasteiger partial charge in [0.15, 0.2) is 0 Å². The van der Waals surface area contributed by atoms with Crippen molar-refractivity contribution in [2.45, 2.75) is 32.6 Å². The van der Waals surface area contributed by atoms with Crippen molar-refractivity contribution in [3.8, 4) is 5.75 Å². The Kier molecular flexibility index (Phi) is 4.37. The van der Waals surface area contributed by atoms with Gasteiger partial charge in [-0.2, -0.15) is 0 Å². The van der Waals surface area contributed by atoms with Crippen LogP contribution in [0.1, 0.15) is 38.2 Å². The van der Waals surface area contributed by atoms with Gasteiger partial charge >= 0.3 is 5.97 Å². The predicted octanol–water partition coefficient (Wildman–Crippen LogP) is 3.14. The van der Waals surface area contributed by atoms with Gasteiger partial charge in [0.2, 0.25) is 0 Å². The van der Waals surface area contributed by atoms with E-state index in [2.05, 4.69) is 13.8 Å². The van der Waals surface area contributed by atoms with Crippen molar-refractivity contribution in [3.05, 3.63) is 29.8 Å². The first kappa shape index (κ1) is 13.1. The van der Waals surface area contributed by atoms with E-state index in [1.807, 2.05) is 24.3 Å². The van der Waals surface area contributed by atoms with Gasteiger partial charge in [-0.05, 0) is 36.3 Å². The Morgan fingerprint density at radius 1 is 1.33 bits per heavy atom. The number of carbonyl (C=O) groups is 1. The summed E-state index contributed by atoms with van der Waals surface area (Å²) >= 11 is 0. The summed E-state index contributed by atoms with van der Waals surface area (Å²) in [4.78, 5) is 11.6. The van der Waals surface area contributed by atoms with Crippen LogP contribution in [-0.4, -0.2) is 19.2 Å². The van der Waals surface area contributed by atoms with Gasteiger partial charge in [0.05, 0.1) is 6.61 Å². The van der Waals surface area contributed by atoms with Gasteiger partial charge in [0, 0.05) is 0 Å². The second kappa shape index (κ2) is 6.01. The lowest BCUT2D eigenvalue weighted by molar-refractivity contribution is -0.139. The van der Waals surface area contributed by atoms with E-state index in [-0.39, 0.29) is 12.6 Å². The maximum absolute atomic E-state index is 11.6. The molecule has 0 atom stereocenters. The van der Waals surface area contributed by atoms with Crippen molar-refractivity contribution in [1.82, 2.24) is 0 Å². The fourth-order valence-corrected chi connectivity index (χ4v) is 1.80. The molecule has 1 aliphatic rings. The molecule has 1 saturated carbocycles. The molecule has 18 heavy (non-hydrogen) atoms. The van der Waals surface area contributed by atoms with Gasteiger partial charge in [-0.15, -0.1) is 0 Å². The molecule has 98 valence electrons. The standard InChI is InChI=1S/C15H20O3/c1-11(2)13-5-3-4-6-14(13)18-15(16)10-17-9-12-7-8-12/h3-6,11-12H,7-10H2,1-2H3. The summed E-state index contributed by atoms with van der Waals surface area (Å²) in [5, 5.41) is 0. The van der Waals surface area contributed by atoms with Crippen molar-refractivity contribution < 1.29 is 14.3 Å². The van der Waals surface area contributed by atoms with Crippen molar-refractivity contribution in [1.29, 1.82) is 0 Å². The van der Waals surface area contributed by atoms with Gasteiger partial charge in [0.1, 0.15) is 12.4 Å². The lowest BCUT2D eigenvalue weighted by Gasteiger charge is -2.12. The summed E-state index contributed by atoms with van der Waals surface area (Å²) in [6, 6.07) is 7.64. The maximum Gasteiger partial charge on any atom is 0.337 e. The van der Waals surface area contributed by atoms with E-state index < -0.39 is 0 Å². The van der Waals surface area contributed by atoms with Crippen LogP contribution in [-0.2, 0) is 9.53 Å². The van der Waals surface area contributed by atoms with E-state index >= 15 is 0 Å². The van der Waals surface area contributed by atoms with Crippen LogP contribution in [0.2, 0.25) is 0 Å². The highest BCUT2D eigenvalue weighted by Crippen LogP contribution is 2.29. The van der Waals surface area contributed by atoms with E-state index in [0.717, 1.165) is 5.56 Å². The van der Waals surface area contributed by atoms with Crippen molar-refractivity contribution >= 4 is 5.97 Å². The SMILES string of the molecule is CC(C)c1ccccc1OC(=O)COCC1CC1. The molecule has 3 nitrogen and oxygen atoms in total. The highest BCUT2D eigenvalue weighted by molar-refractivity contribution is 5.74. The molecular formula is C15H20O3. The molecule has 2 rings (SSSR count). The van der Waals surface area contributed by atoms with Crippen molar-refractivity contribution in [3.63, 3.8) is 0 Å². The second-order valence-corrected chi connectivity index (χ2v) is 5.13. The monoisotopic (exact) mass is 248 g/mol. The summed E-state index contributed by atoms with van der Waals surface area (Å²) < 4.78 is 10.7. The summed E-state index contributed by atoms with van der Waals surface area (Å²) in [5.41, 5.74) is 1.05. The van der Waals surface area contributed by atoms with Crippen LogP contribution in [0.3, 0.4) is 0 Å². The topological polar surface area (TPSA) is 35.5 Å². The molecule has 0 heterocycles. The molecule has 0 aromatic heterocycles. The Morgan fingerprint density at radius 3 is 2.72 bits per heavy atom.